The lowest BCUT2D eigenvalue weighted by Gasteiger charge is -2.11. The smallest absolute Gasteiger partial charge is 0.223 e. The van der Waals surface area contributed by atoms with Crippen LogP contribution in [0.15, 0.2) is 24.3 Å². The zero-order valence-electron chi connectivity index (χ0n) is 11.4. The highest BCUT2D eigenvalue weighted by molar-refractivity contribution is 5.75. The first kappa shape index (κ1) is 14.5. The van der Waals surface area contributed by atoms with Crippen molar-refractivity contribution in [1.29, 1.82) is 0 Å². The van der Waals surface area contributed by atoms with Crippen LogP contribution in [0.25, 0.3) is 0 Å². The van der Waals surface area contributed by atoms with Gasteiger partial charge in [-0.15, -0.1) is 0 Å². The van der Waals surface area contributed by atoms with E-state index in [1.165, 1.54) is 5.56 Å². The predicted molar refractivity (Wildman–Crippen MR) is 72.6 cm³/mol. The zero-order chi connectivity index (χ0) is 13.4. The summed E-state index contributed by atoms with van der Waals surface area (Å²) < 4.78 is 5.43. The van der Waals surface area contributed by atoms with Crippen LogP contribution in [-0.2, 0) is 11.3 Å². The maximum atomic E-state index is 11.4. The minimum Gasteiger partial charge on any atom is -0.494 e. The Kier molecular flexibility index (Phi) is 6.22. The van der Waals surface area contributed by atoms with E-state index in [2.05, 4.69) is 5.32 Å². The van der Waals surface area contributed by atoms with Crippen molar-refractivity contribution in [3.05, 3.63) is 29.8 Å². The van der Waals surface area contributed by atoms with E-state index in [-0.39, 0.29) is 5.91 Å². The Labute approximate surface area is 109 Å². The van der Waals surface area contributed by atoms with Crippen LogP contribution >= 0.6 is 0 Å². The Hall–Kier alpha value is -1.55. The molecule has 1 aromatic rings. The molecule has 0 atom stereocenters. The molecule has 0 spiro atoms. The van der Waals surface area contributed by atoms with Crippen molar-refractivity contribution in [2.45, 2.75) is 19.9 Å². The first-order valence-corrected chi connectivity index (χ1v) is 6.26. The second-order valence-electron chi connectivity index (χ2n) is 4.30. The second kappa shape index (κ2) is 7.71. The van der Waals surface area contributed by atoms with Gasteiger partial charge in [-0.1, -0.05) is 12.1 Å². The maximum absolute atomic E-state index is 11.4. The summed E-state index contributed by atoms with van der Waals surface area (Å²) in [5, 5.41) is 3.25. The molecule has 4 nitrogen and oxygen atoms in total. The van der Waals surface area contributed by atoms with Crippen LogP contribution in [0.2, 0.25) is 0 Å². The van der Waals surface area contributed by atoms with Crippen molar-refractivity contribution >= 4 is 5.91 Å². The average Bonchev–Trinajstić information content (AvgIpc) is 2.35. The lowest BCUT2D eigenvalue weighted by atomic mass is 10.2. The van der Waals surface area contributed by atoms with Gasteiger partial charge in [-0.25, -0.2) is 0 Å². The molecule has 0 aliphatic heterocycles. The number of hydrogen-bond donors (Lipinski definition) is 1. The summed E-state index contributed by atoms with van der Waals surface area (Å²) in [6.45, 7) is 4.09. The van der Waals surface area contributed by atoms with Gasteiger partial charge in [0.15, 0.2) is 0 Å². The minimum absolute atomic E-state index is 0.144. The molecule has 0 radical (unpaired) electrons. The van der Waals surface area contributed by atoms with E-state index in [0.29, 0.717) is 19.6 Å². The summed E-state index contributed by atoms with van der Waals surface area (Å²) in [6, 6.07) is 7.99. The molecule has 1 N–H and O–H groups in total. The number of carbonyl (C=O) groups excluding carboxylic acids is 1. The summed E-state index contributed by atoms with van der Waals surface area (Å²) in [7, 11) is 3.54. The fourth-order valence-corrected chi connectivity index (χ4v) is 1.56. The SMILES string of the molecule is CCOc1cccc(CNCCC(=O)N(C)C)c1. The summed E-state index contributed by atoms with van der Waals surface area (Å²) in [6.07, 6.45) is 0.526. The van der Waals surface area contributed by atoms with Crippen LogP contribution < -0.4 is 10.1 Å². The number of rotatable bonds is 7. The van der Waals surface area contributed by atoms with Crippen LogP contribution in [0, 0.1) is 0 Å². The van der Waals surface area contributed by atoms with Crippen LogP contribution in [-0.4, -0.2) is 38.1 Å². The molecule has 0 aliphatic carbocycles. The number of nitrogens with zero attached hydrogens (tertiary/aromatic N) is 1. The second-order valence-corrected chi connectivity index (χ2v) is 4.30. The van der Waals surface area contributed by atoms with E-state index in [1.54, 1.807) is 19.0 Å². The highest BCUT2D eigenvalue weighted by atomic mass is 16.5. The fourth-order valence-electron chi connectivity index (χ4n) is 1.56. The van der Waals surface area contributed by atoms with Gasteiger partial charge in [0.05, 0.1) is 6.61 Å². The van der Waals surface area contributed by atoms with Crippen molar-refractivity contribution < 1.29 is 9.53 Å². The highest BCUT2D eigenvalue weighted by Crippen LogP contribution is 2.12. The van der Waals surface area contributed by atoms with Crippen molar-refractivity contribution in [2.75, 3.05) is 27.2 Å². The van der Waals surface area contributed by atoms with Gasteiger partial charge in [0, 0.05) is 33.6 Å². The molecule has 0 saturated carbocycles. The lowest BCUT2D eigenvalue weighted by Crippen LogP contribution is -2.26. The molecule has 1 amide bonds. The van der Waals surface area contributed by atoms with Gasteiger partial charge in [0.1, 0.15) is 5.75 Å². The maximum Gasteiger partial charge on any atom is 0.223 e. The van der Waals surface area contributed by atoms with Crippen molar-refractivity contribution in [1.82, 2.24) is 10.2 Å². The molecular formula is C14H22N2O2. The Morgan fingerprint density at radius 1 is 1.39 bits per heavy atom. The van der Waals surface area contributed by atoms with Crippen LogP contribution in [0.1, 0.15) is 18.9 Å². The molecular weight excluding hydrogens is 228 g/mol. The molecule has 1 rings (SSSR count). The average molecular weight is 250 g/mol. The number of ether oxygens (including phenoxy) is 1. The minimum atomic E-state index is 0.144. The van der Waals surface area contributed by atoms with Gasteiger partial charge >= 0.3 is 0 Å². The lowest BCUT2D eigenvalue weighted by molar-refractivity contribution is -0.128. The Bertz CT molecular complexity index is 378. The topological polar surface area (TPSA) is 41.6 Å². The van der Waals surface area contributed by atoms with Crippen LogP contribution in [0.3, 0.4) is 0 Å². The molecule has 0 aromatic heterocycles. The van der Waals surface area contributed by atoms with Gasteiger partial charge in [-0.2, -0.15) is 0 Å². The predicted octanol–water partition coefficient (Wildman–Crippen LogP) is 1.65. The third-order valence-corrected chi connectivity index (χ3v) is 2.55. The number of amides is 1. The number of hydrogen-bond acceptors (Lipinski definition) is 3. The highest BCUT2D eigenvalue weighted by Gasteiger charge is 2.02. The van der Waals surface area contributed by atoms with E-state index < -0.39 is 0 Å². The van der Waals surface area contributed by atoms with E-state index in [0.717, 1.165) is 12.3 Å². The monoisotopic (exact) mass is 250 g/mol. The molecule has 0 bridgehead atoms. The van der Waals surface area contributed by atoms with Crippen molar-refractivity contribution in [3.63, 3.8) is 0 Å². The van der Waals surface area contributed by atoms with Crippen molar-refractivity contribution in [3.8, 4) is 5.75 Å². The molecule has 100 valence electrons. The van der Waals surface area contributed by atoms with Crippen LogP contribution in [0.4, 0.5) is 0 Å². The first-order valence-electron chi connectivity index (χ1n) is 6.26. The molecule has 4 heteroatoms. The molecule has 0 unspecified atom stereocenters. The molecule has 18 heavy (non-hydrogen) atoms. The third-order valence-electron chi connectivity index (χ3n) is 2.55. The van der Waals surface area contributed by atoms with E-state index >= 15 is 0 Å². The van der Waals surface area contributed by atoms with Crippen molar-refractivity contribution in [2.24, 2.45) is 0 Å². The Balaban J connectivity index is 2.30. The van der Waals surface area contributed by atoms with E-state index in [9.17, 15) is 4.79 Å². The summed E-state index contributed by atoms with van der Waals surface area (Å²) >= 11 is 0. The van der Waals surface area contributed by atoms with Gasteiger partial charge in [-0.05, 0) is 24.6 Å². The summed E-state index contributed by atoms with van der Waals surface area (Å²) in [4.78, 5) is 13.0. The Morgan fingerprint density at radius 3 is 2.83 bits per heavy atom. The number of nitrogens with one attached hydrogen (secondary N) is 1. The fraction of sp³-hybridized carbons (Fsp3) is 0.500. The van der Waals surface area contributed by atoms with Gasteiger partial charge in [-0.3, -0.25) is 4.79 Å². The quantitative estimate of drug-likeness (QED) is 0.748. The molecule has 0 heterocycles. The standard InChI is InChI=1S/C14H22N2O2/c1-4-18-13-7-5-6-12(10-13)11-15-9-8-14(17)16(2)3/h5-7,10,15H,4,8-9,11H2,1-3H3. The molecule has 1 aromatic carbocycles. The first-order chi connectivity index (χ1) is 8.63. The van der Waals surface area contributed by atoms with Crippen LogP contribution in [0.5, 0.6) is 5.75 Å². The van der Waals surface area contributed by atoms with Gasteiger partial charge in [0.25, 0.3) is 0 Å². The number of benzene rings is 1. The zero-order valence-corrected chi connectivity index (χ0v) is 11.4. The Morgan fingerprint density at radius 2 is 2.17 bits per heavy atom. The molecule has 0 saturated heterocycles. The third kappa shape index (κ3) is 5.19. The normalized spacial score (nSPS) is 10.2. The van der Waals surface area contributed by atoms with Gasteiger partial charge < -0.3 is 15.0 Å². The molecule has 0 aliphatic rings. The summed E-state index contributed by atoms with van der Waals surface area (Å²) in [5.74, 6) is 1.03. The van der Waals surface area contributed by atoms with E-state index in [1.807, 2.05) is 31.2 Å². The summed E-state index contributed by atoms with van der Waals surface area (Å²) in [5.41, 5.74) is 1.17. The number of carbonyl (C=O) groups is 1. The largest absolute Gasteiger partial charge is 0.494 e. The molecule has 0 fully saturated rings. The van der Waals surface area contributed by atoms with Gasteiger partial charge in [0.2, 0.25) is 5.91 Å². The van der Waals surface area contributed by atoms with E-state index in [4.69, 9.17) is 4.74 Å².